The van der Waals surface area contributed by atoms with E-state index in [4.69, 9.17) is 0 Å². The number of aryl methyl sites for hydroxylation is 1. The van der Waals surface area contributed by atoms with E-state index in [9.17, 15) is 14.4 Å². The first kappa shape index (κ1) is 19.9. The number of nitrogens with one attached hydrogen (secondary N) is 1. The molecule has 0 aliphatic rings. The molecule has 0 fully saturated rings. The molecule has 0 atom stereocenters. The molecule has 28 heavy (non-hydrogen) atoms. The first-order chi connectivity index (χ1) is 13.4. The molecule has 3 aromatic rings. The number of carbonyl (C=O) groups excluding carboxylic acids is 2. The summed E-state index contributed by atoms with van der Waals surface area (Å²) in [5, 5.41) is 3.37. The molecule has 0 aliphatic heterocycles. The SMILES string of the molecule is CCc1cc2c(=O)n(CC(=O)c3ccc(NC(=O)CC(C)C)cc3)cnc2s1. The molecule has 7 heteroatoms. The van der Waals surface area contributed by atoms with Crippen molar-refractivity contribution >= 4 is 38.9 Å². The lowest BCUT2D eigenvalue weighted by Crippen LogP contribution is -2.24. The molecule has 0 radical (unpaired) electrons. The third-order valence-corrected chi connectivity index (χ3v) is 5.50. The van der Waals surface area contributed by atoms with Crippen molar-refractivity contribution in [1.82, 2.24) is 9.55 Å². The van der Waals surface area contributed by atoms with E-state index in [-0.39, 0.29) is 29.7 Å². The minimum Gasteiger partial charge on any atom is -0.326 e. The highest BCUT2D eigenvalue weighted by Gasteiger charge is 2.13. The third kappa shape index (κ3) is 4.54. The molecule has 0 bridgehead atoms. The summed E-state index contributed by atoms with van der Waals surface area (Å²) < 4.78 is 1.34. The fourth-order valence-electron chi connectivity index (χ4n) is 2.86. The monoisotopic (exact) mass is 397 g/mol. The van der Waals surface area contributed by atoms with E-state index in [1.54, 1.807) is 24.3 Å². The molecule has 1 amide bonds. The number of Topliss-reactive ketones (excluding diaryl/α,β-unsaturated/α-hetero) is 1. The number of benzene rings is 1. The van der Waals surface area contributed by atoms with Gasteiger partial charge in [-0.2, -0.15) is 0 Å². The smallest absolute Gasteiger partial charge is 0.262 e. The summed E-state index contributed by atoms with van der Waals surface area (Å²) >= 11 is 1.50. The first-order valence-corrected chi connectivity index (χ1v) is 10.1. The van der Waals surface area contributed by atoms with Crippen LogP contribution in [0.2, 0.25) is 0 Å². The standard InChI is InChI=1S/C21H23N3O3S/c1-4-16-10-17-20(28-16)22-12-24(21(17)27)11-18(25)14-5-7-15(8-6-14)23-19(26)9-13(2)3/h5-8,10,12-13H,4,9,11H2,1-3H3,(H,23,26). The van der Waals surface area contributed by atoms with Crippen molar-refractivity contribution in [3.8, 4) is 0 Å². The van der Waals surface area contributed by atoms with Crippen molar-refractivity contribution in [2.75, 3.05) is 5.32 Å². The van der Waals surface area contributed by atoms with Gasteiger partial charge in [0.1, 0.15) is 4.83 Å². The van der Waals surface area contributed by atoms with Crippen LogP contribution in [0, 0.1) is 5.92 Å². The van der Waals surface area contributed by atoms with Crippen molar-refractivity contribution in [1.29, 1.82) is 0 Å². The number of hydrogen-bond donors (Lipinski definition) is 1. The predicted octanol–water partition coefficient (Wildman–Crippen LogP) is 3.89. The first-order valence-electron chi connectivity index (χ1n) is 9.28. The molecular weight excluding hydrogens is 374 g/mol. The molecule has 1 aromatic carbocycles. The molecule has 1 N–H and O–H groups in total. The highest BCUT2D eigenvalue weighted by atomic mass is 32.1. The number of hydrogen-bond acceptors (Lipinski definition) is 5. The average molecular weight is 398 g/mol. The van der Waals surface area contributed by atoms with Crippen LogP contribution >= 0.6 is 11.3 Å². The number of carbonyl (C=O) groups is 2. The quantitative estimate of drug-likeness (QED) is 0.613. The Hall–Kier alpha value is -2.80. The van der Waals surface area contributed by atoms with Crippen LogP contribution in [0.4, 0.5) is 5.69 Å². The fourth-order valence-corrected chi connectivity index (χ4v) is 3.79. The van der Waals surface area contributed by atoms with Crippen LogP contribution in [-0.2, 0) is 17.8 Å². The molecule has 2 aromatic heterocycles. The van der Waals surface area contributed by atoms with Gasteiger partial charge in [-0.15, -0.1) is 11.3 Å². The number of thiophene rings is 1. The van der Waals surface area contributed by atoms with Gasteiger partial charge < -0.3 is 5.32 Å². The number of fused-ring (bicyclic) bond motifs is 1. The van der Waals surface area contributed by atoms with E-state index in [0.717, 1.165) is 11.3 Å². The molecule has 3 rings (SSSR count). The number of amides is 1. The summed E-state index contributed by atoms with van der Waals surface area (Å²) in [5.41, 5.74) is 0.924. The Morgan fingerprint density at radius 2 is 1.93 bits per heavy atom. The van der Waals surface area contributed by atoms with Gasteiger partial charge >= 0.3 is 0 Å². The Labute approximate surface area is 167 Å². The van der Waals surface area contributed by atoms with Crippen LogP contribution in [0.3, 0.4) is 0 Å². The van der Waals surface area contributed by atoms with Crippen LogP contribution in [-0.4, -0.2) is 21.2 Å². The Balaban J connectivity index is 1.72. The highest BCUT2D eigenvalue weighted by Crippen LogP contribution is 2.21. The Morgan fingerprint density at radius 1 is 1.21 bits per heavy atom. The number of nitrogens with zero attached hydrogens (tertiary/aromatic N) is 2. The van der Waals surface area contributed by atoms with Crippen molar-refractivity contribution in [2.45, 2.75) is 40.2 Å². The van der Waals surface area contributed by atoms with Crippen LogP contribution in [0.25, 0.3) is 10.2 Å². The van der Waals surface area contributed by atoms with Gasteiger partial charge in [0.05, 0.1) is 18.3 Å². The van der Waals surface area contributed by atoms with Crippen molar-refractivity contribution in [3.63, 3.8) is 0 Å². The highest BCUT2D eigenvalue weighted by molar-refractivity contribution is 7.18. The lowest BCUT2D eigenvalue weighted by molar-refractivity contribution is -0.116. The molecule has 146 valence electrons. The zero-order valence-electron chi connectivity index (χ0n) is 16.2. The summed E-state index contributed by atoms with van der Waals surface area (Å²) in [6.07, 6.45) is 2.72. The normalized spacial score (nSPS) is 11.1. The number of anilines is 1. The second kappa shape index (κ2) is 8.48. The Morgan fingerprint density at radius 3 is 2.57 bits per heavy atom. The van der Waals surface area contributed by atoms with Gasteiger partial charge in [-0.1, -0.05) is 20.8 Å². The second-order valence-electron chi connectivity index (χ2n) is 7.11. The minimum absolute atomic E-state index is 0.0535. The lowest BCUT2D eigenvalue weighted by Gasteiger charge is -2.08. The molecule has 6 nitrogen and oxygen atoms in total. The summed E-state index contributed by atoms with van der Waals surface area (Å²) in [4.78, 5) is 43.1. The summed E-state index contributed by atoms with van der Waals surface area (Å²) in [5.74, 6) is 0.0400. The van der Waals surface area contributed by atoms with Crippen LogP contribution < -0.4 is 10.9 Å². The van der Waals surface area contributed by atoms with Crippen molar-refractivity contribution in [3.05, 3.63) is 57.5 Å². The molecular formula is C21H23N3O3S. The van der Waals surface area contributed by atoms with Crippen LogP contribution in [0.5, 0.6) is 0 Å². The van der Waals surface area contributed by atoms with E-state index >= 15 is 0 Å². The third-order valence-electron chi connectivity index (χ3n) is 4.32. The zero-order valence-corrected chi connectivity index (χ0v) is 17.0. The van der Waals surface area contributed by atoms with E-state index < -0.39 is 0 Å². The van der Waals surface area contributed by atoms with Gasteiger partial charge in [-0.25, -0.2) is 4.98 Å². The van der Waals surface area contributed by atoms with Gasteiger partial charge in [0.2, 0.25) is 5.91 Å². The molecule has 0 saturated heterocycles. The number of aromatic nitrogens is 2. The molecule has 2 heterocycles. The molecule has 0 saturated carbocycles. The molecule has 0 spiro atoms. The maximum absolute atomic E-state index is 12.6. The van der Waals surface area contributed by atoms with E-state index in [0.29, 0.717) is 27.9 Å². The number of rotatable bonds is 7. The van der Waals surface area contributed by atoms with E-state index in [2.05, 4.69) is 10.3 Å². The topological polar surface area (TPSA) is 81.1 Å². The van der Waals surface area contributed by atoms with Gasteiger partial charge in [0.15, 0.2) is 5.78 Å². The van der Waals surface area contributed by atoms with Crippen LogP contribution in [0.1, 0.15) is 42.4 Å². The van der Waals surface area contributed by atoms with Crippen molar-refractivity contribution < 1.29 is 9.59 Å². The molecule has 0 unspecified atom stereocenters. The summed E-state index contributed by atoms with van der Waals surface area (Å²) in [6.45, 7) is 5.92. The van der Waals surface area contributed by atoms with Gasteiger partial charge in [0, 0.05) is 22.5 Å². The summed E-state index contributed by atoms with van der Waals surface area (Å²) in [6, 6.07) is 8.56. The number of ketones is 1. The second-order valence-corrected chi connectivity index (χ2v) is 8.22. The van der Waals surface area contributed by atoms with E-state index in [1.165, 1.54) is 22.2 Å². The van der Waals surface area contributed by atoms with Gasteiger partial charge in [0.25, 0.3) is 5.56 Å². The largest absolute Gasteiger partial charge is 0.326 e. The van der Waals surface area contributed by atoms with Crippen molar-refractivity contribution in [2.24, 2.45) is 5.92 Å². The average Bonchev–Trinajstić information content (AvgIpc) is 3.08. The fraction of sp³-hybridized carbons (Fsp3) is 0.333. The van der Waals surface area contributed by atoms with Gasteiger partial charge in [-0.3, -0.25) is 19.0 Å². The molecule has 0 aliphatic carbocycles. The zero-order chi connectivity index (χ0) is 20.3. The van der Waals surface area contributed by atoms with Crippen LogP contribution in [0.15, 0.2) is 41.5 Å². The predicted molar refractivity (Wildman–Crippen MR) is 112 cm³/mol. The lowest BCUT2D eigenvalue weighted by atomic mass is 10.1. The van der Waals surface area contributed by atoms with Gasteiger partial charge in [-0.05, 0) is 42.7 Å². The Kier molecular flexibility index (Phi) is 6.04. The Bertz CT molecular complexity index is 1060. The summed E-state index contributed by atoms with van der Waals surface area (Å²) in [7, 11) is 0. The maximum atomic E-state index is 12.6. The van der Waals surface area contributed by atoms with E-state index in [1.807, 2.05) is 26.8 Å². The minimum atomic E-state index is -0.202. The maximum Gasteiger partial charge on any atom is 0.262 e.